The topological polar surface area (TPSA) is 181 Å². The zero-order valence-electron chi connectivity index (χ0n) is 32.1. The first-order valence-electron chi connectivity index (χ1n) is 19.8. The molecule has 1 aromatic heterocycles. The fraction of sp³-hybridized carbons (Fsp3) is 0.439. The van der Waals surface area contributed by atoms with E-state index in [1.807, 2.05) is 36.2 Å². The highest BCUT2D eigenvalue weighted by molar-refractivity contribution is 6.25. The molecule has 57 heavy (non-hydrogen) atoms. The molecule has 296 valence electrons. The lowest BCUT2D eigenvalue weighted by atomic mass is 9.71. The summed E-state index contributed by atoms with van der Waals surface area (Å²) in [7, 11) is 1.83. The number of fused-ring (bicyclic) bond motifs is 1. The number of amides is 6. The number of allylic oxidation sites excluding steroid dienone is 1. The number of carbonyl (C=O) groups is 5. The molecule has 9 rings (SSSR count). The highest BCUT2D eigenvalue weighted by atomic mass is 16.2. The van der Waals surface area contributed by atoms with E-state index in [9.17, 15) is 24.0 Å². The third kappa shape index (κ3) is 6.45. The van der Waals surface area contributed by atoms with Crippen molar-refractivity contribution in [3.05, 3.63) is 77.8 Å². The number of hydrogen-bond acceptors (Lipinski definition) is 11. The molecule has 16 nitrogen and oxygen atoms in total. The molecule has 2 aromatic carbocycles. The highest BCUT2D eigenvalue weighted by Gasteiger charge is 2.49. The first kappa shape index (κ1) is 36.4. The van der Waals surface area contributed by atoms with Gasteiger partial charge in [0.25, 0.3) is 17.7 Å². The number of primary amides is 1. The summed E-state index contributed by atoms with van der Waals surface area (Å²) in [6, 6.07) is 12.7. The molecular formula is C41H47N11O5. The largest absolute Gasteiger partial charge is 0.371 e. The lowest BCUT2D eigenvalue weighted by molar-refractivity contribution is -0.125. The van der Waals surface area contributed by atoms with Gasteiger partial charge in [-0.3, -0.25) is 24.1 Å². The van der Waals surface area contributed by atoms with Crippen LogP contribution in [0.15, 0.2) is 60.9 Å². The van der Waals surface area contributed by atoms with E-state index in [2.05, 4.69) is 49.0 Å². The van der Waals surface area contributed by atoms with Gasteiger partial charge in [-0.1, -0.05) is 12.6 Å². The Morgan fingerprint density at radius 1 is 0.930 bits per heavy atom. The molecule has 6 amide bonds. The number of piperidine rings is 3. The van der Waals surface area contributed by atoms with Crippen LogP contribution in [0, 0.1) is 5.41 Å². The molecule has 5 fully saturated rings. The number of nitrogens with one attached hydrogen (secondary N) is 2. The average molecular weight is 774 g/mol. The van der Waals surface area contributed by atoms with Gasteiger partial charge in [0.1, 0.15) is 11.9 Å². The summed E-state index contributed by atoms with van der Waals surface area (Å²) >= 11 is 0. The van der Waals surface area contributed by atoms with Gasteiger partial charge >= 0.3 is 6.03 Å². The van der Waals surface area contributed by atoms with Crippen molar-refractivity contribution >= 4 is 58.4 Å². The zero-order valence-corrected chi connectivity index (χ0v) is 32.1. The van der Waals surface area contributed by atoms with Gasteiger partial charge in [-0.2, -0.15) is 0 Å². The average Bonchev–Trinajstić information content (AvgIpc) is 3.67. The molecule has 6 aliphatic rings. The number of aromatic nitrogens is 2. The van der Waals surface area contributed by atoms with E-state index in [1.54, 1.807) is 17.2 Å². The molecule has 0 radical (unpaired) electrons. The minimum absolute atomic E-state index is 0.0547. The van der Waals surface area contributed by atoms with Crippen molar-refractivity contribution in [3.8, 4) is 0 Å². The number of carbonyl (C=O) groups excluding carboxylic acids is 5. The Labute approximate surface area is 330 Å². The number of urea groups is 1. The summed E-state index contributed by atoms with van der Waals surface area (Å²) < 4.78 is 0. The molecular weight excluding hydrogens is 727 g/mol. The Hall–Kier alpha value is -6.19. The molecule has 2 atom stereocenters. The van der Waals surface area contributed by atoms with Crippen molar-refractivity contribution in [1.29, 1.82) is 0 Å². The third-order valence-electron chi connectivity index (χ3n) is 12.7. The second-order valence-electron chi connectivity index (χ2n) is 16.3. The number of hydrogen-bond donors (Lipinski definition) is 3. The van der Waals surface area contributed by atoms with E-state index in [-0.39, 0.29) is 34.9 Å². The number of nitrogens with two attached hydrogens (primary N) is 1. The van der Waals surface area contributed by atoms with Crippen molar-refractivity contribution in [2.75, 3.05) is 79.4 Å². The van der Waals surface area contributed by atoms with E-state index >= 15 is 0 Å². The molecule has 4 N–H and O–H groups in total. The van der Waals surface area contributed by atoms with Crippen LogP contribution in [0.5, 0.6) is 0 Å². The maximum Gasteiger partial charge on any atom is 0.320 e. The zero-order chi connectivity index (χ0) is 39.6. The number of imide groups is 1. The van der Waals surface area contributed by atoms with Gasteiger partial charge in [-0.25, -0.2) is 14.8 Å². The minimum atomic E-state index is -0.838. The Bertz CT molecular complexity index is 2180. The predicted octanol–water partition coefficient (Wildman–Crippen LogP) is 3.15. The van der Waals surface area contributed by atoms with Gasteiger partial charge in [-0.15, -0.1) is 0 Å². The van der Waals surface area contributed by atoms with Gasteiger partial charge in [0.15, 0.2) is 11.5 Å². The fourth-order valence-electron chi connectivity index (χ4n) is 9.45. The molecule has 0 aliphatic carbocycles. The van der Waals surface area contributed by atoms with Crippen molar-refractivity contribution in [3.63, 3.8) is 0 Å². The third-order valence-corrected chi connectivity index (χ3v) is 12.7. The van der Waals surface area contributed by atoms with E-state index < -0.39 is 23.8 Å². The van der Waals surface area contributed by atoms with Crippen LogP contribution in [-0.2, 0) is 4.79 Å². The van der Waals surface area contributed by atoms with Gasteiger partial charge in [0.2, 0.25) is 5.91 Å². The minimum Gasteiger partial charge on any atom is -0.371 e. The highest BCUT2D eigenvalue weighted by Crippen LogP contribution is 2.46. The molecule has 6 aliphatic heterocycles. The van der Waals surface area contributed by atoms with Gasteiger partial charge in [0, 0.05) is 81.9 Å². The molecule has 3 aromatic rings. The Morgan fingerprint density at radius 2 is 1.70 bits per heavy atom. The molecule has 16 heteroatoms. The molecule has 0 saturated carbocycles. The summed E-state index contributed by atoms with van der Waals surface area (Å²) in [6.07, 6.45) is 6.27. The van der Waals surface area contributed by atoms with Crippen molar-refractivity contribution < 1.29 is 24.0 Å². The smallest absolute Gasteiger partial charge is 0.320 e. The molecule has 5 saturated heterocycles. The quantitative estimate of drug-likeness (QED) is 0.286. The number of benzene rings is 2. The van der Waals surface area contributed by atoms with E-state index in [1.165, 1.54) is 0 Å². The van der Waals surface area contributed by atoms with Gasteiger partial charge < -0.3 is 40.9 Å². The summed E-state index contributed by atoms with van der Waals surface area (Å²) in [5.74, 6) is -0.951. The van der Waals surface area contributed by atoms with Crippen molar-refractivity contribution in [1.82, 2.24) is 30.0 Å². The monoisotopic (exact) mass is 773 g/mol. The Kier molecular flexibility index (Phi) is 9.00. The van der Waals surface area contributed by atoms with Crippen LogP contribution < -0.4 is 31.1 Å². The maximum atomic E-state index is 13.7. The van der Waals surface area contributed by atoms with E-state index in [0.717, 1.165) is 86.9 Å². The Morgan fingerprint density at radius 3 is 2.40 bits per heavy atom. The first-order chi connectivity index (χ1) is 27.5. The predicted molar refractivity (Wildman–Crippen MR) is 214 cm³/mol. The van der Waals surface area contributed by atoms with Gasteiger partial charge in [0.05, 0.1) is 29.1 Å². The number of likely N-dealkylation sites (N-methyl/N-ethyl adjacent to an activating group) is 1. The van der Waals surface area contributed by atoms with Crippen LogP contribution in [-0.4, -0.2) is 126 Å². The number of rotatable bonds is 8. The summed E-state index contributed by atoms with van der Waals surface area (Å²) in [5.41, 5.74) is 9.81. The van der Waals surface area contributed by atoms with E-state index in [0.29, 0.717) is 48.6 Å². The molecule has 7 heterocycles. The standard InChI is InChI=1S/C41H47N11O5/c1-25-8-13-31(37(54)44-25)52-38(55)29-6-3-7-30(33(29)39(52)56)50-23-41(24-50)14-17-48(18-15-41)27-11-9-26(10-12-27)45-36-34(35(42)53)43-21-32(46-36)49-16-4-5-28(22-49)51-20-19-47(2)40(51)57/h3,6-7,9-12,21,28,31H,1,4-5,8,13-20,22-24H2,2H3,(H2,42,53)(H,44,54)(H,45,46)/t28-,31?/m0/s1. The molecule has 0 bridgehead atoms. The summed E-state index contributed by atoms with van der Waals surface area (Å²) in [5, 5.41) is 5.98. The molecule has 1 unspecified atom stereocenters. The first-order valence-corrected chi connectivity index (χ1v) is 19.8. The van der Waals surface area contributed by atoms with Crippen LogP contribution in [0.1, 0.15) is 69.7 Å². The molecule has 1 spiro atoms. The van der Waals surface area contributed by atoms with Crippen LogP contribution in [0.4, 0.5) is 33.5 Å². The lowest BCUT2D eigenvalue weighted by Crippen LogP contribution is -2.61. The summed E-state index contributed by atoms with van der Waals surface area (Å²) in [4.78, 5) is 85.6. The van der Waals surface area contributed by atoms with E-state index in [4.69, 9.17) is 10.7 Å². The second-order valence-corrected chi connectivity index (χ2v) is 16.3. The maximum absolute atomic E-state index is 13.7. The SMILES string of the molecule is C=C1CCC(N2C(=O)c3cccc(N4CC5(CCN(c6ccc(Nc7nc(N8CCC[C@H](N9CCN(C)C9=O)C8)cnc7C(N)=O)cc6)CC5)C4)c3C2=O)C(=O)N1. The van der Waals surface area contributed by atoms with Crippen molar-refractivity contribution in [2.45, 2.75) is 50.6 Å². The van der Waals surface area contributed by atoms with Crippen LogP contribution in [0.25, 0.3) is 0 Å². The second kappa shape index (κ2) is 14.1. The van der Waals surface area contributed by atoms with Crippen LogP contribution >= 0.6 is 0 Å². The van der Waals surface area contributed by atoms with Crippen LogP contribution in [0.2, 0.25) is 0 Å². The van der Waals surface area contributed by atoms with Gasteiger partial charge in [-0.05, 0) is 74.9 Å². The van der Waals surface area contributed by atoms with Crippen molar-refractivity contribution in [2.24, 2.45) is 11.1 Å². The summed E-state index contributed by atoms with van der Waals surface area (Å²) in [6.45, 7) is 9.99. The lowest BCUT2D eigenvalue weighted by Gasteiger charge is -2.55. The normalized spacial score (nSPS) is 23.3. The number of anilines is 5. The van der Waals surface area contributed by atoms with Crippen LogP contribution in [0.3, 0.4) is 0 Å². The fourth-order valence-corrected chi connectivity index (χ4v) is 9.45. The number of nitrogens with zero attached hydrogens (tertiary/aromatic N) is 8. The Balaban J connectivity index is 0.823.